The number of imide groups is 1. The van der Waals surface area contributed by atoms with Crippen LogP contribution in [0.25, 0.3) is 0 Å². The van der Waals surface area contributed by atoms with E-state index in [4.69, 9.17) is 0 Å². The molecule has 1 unspecified atom stereocenters. The lowest BCUT2D eigenvalue weighted by atomic mass is 9.98. The fourth-order valence-electron chi connectivity index (χ4n) is 2.40. The zero-order chi connectivity index (χ0) is 15.5. The first-order chi connectivity index (χ1) is 10.7. The molecule has 1 atom stereocenters. The average Bonchev–Trinajstić information content (AvgIpc) is 2.82. The van der Waals surface area contributed by atoms with Gasteiger partial charge in [-0.05, 0) is 17.7 Å². The van der Waals surface area contributed by atoms with Gasteiger partial charge < -0.3 is 5.11 Å². The Balaban J connectivity index is 1.82. The molecule has 5 nitrogen and oxygen atoms in total. The van der Waals surface area contributed by atoms with E-state index < -0.39 is 5.92 Å². The fourth-order valence-corrected chi connectivity index (χ4v) is 2.40. The van der Waals surface area contributed by atoms with Crippen molar-refractivity contribution in [1.82, 2.24) is 5.01 Å². The number of carbonyl (C=O) groups is 2. The third-order valence-corrected chi connectivity index (χ3v) is 3.57. The van der Waals surface area contributed by atoms with E-state index in [2.05, 4.69) is 5.10 Å². The fraction of sp³-hybridized carbons (Fsp3) is 0.118. The van der Waals surface area contributed by atoms with Crippen LogP contribution >= 0.6 is 0 Å². The number of phenols is 1. The smallest absolute Gasteiger partial charge is 0.257 e. The van der Waals surface area contributed by atoms with E-state index in [1.165, 1.54) is 12.3 Å². The van der Waals surface area contributed by atoms with Crippen LogP contribution in [0.4, 0.5) is 0 Å². The van der Waals surface area contributed by atoms with Crippen molar-refractivity contribution >= 4 is 18.0 Å². The predicted molar refractivity (Wildman–Crippen MR) is 81.4 cm³/mol. The molecule has 2 aromatic carbocycles. The van der Waals surface area contributed by atoms with E-state index in [1.54, 1.807) is 18.2 Å². The minimum absolute atomic E-state index is 0.0463. The molecule has 1 N–H and O–H groups in total. The van der Waals surface area contributed by atoms with Crippen molar-refractivity contribution in [3.8, 4) is 5.75 Å². The zero-order valence-electron chi connectivity index (χ0n) is 11.7. The second-order valence-electron chi connectivity index (χ2n) is 5.01. The van der Waals surface area contributed by atoms with Crippen molar-refractivity contribution in [2.24, 2.45) is 5.10 Å². The maximum Gasteiger partial charge on any atom is 0.257 e. The molecule has 2 aromatic rings. The summed E-state index contributed by atoms with van der Waals surface area (Å²) in [5, 5.41) is 14.5. The standard InChI is InChI=1S/C17H14N2O3/c20-15-9-5-4-8-13(15)11-18-19-16(21)10-14(17(19)22)12-6-2-1-3-7-12/h1-9,11,14,20H,10H2/b18-11+. The van der Waals surface area contributed by atoms with Gasteiger partial charge in [-0.15, -0.1) is 0 Å². The predicted octanol–water partition coefficient (Wildman–Crippen LogP) is 2.27. The number of nitrogens with zero attached hydrogens (tertiary/aromatic N) is 2. The number of para-hydroxylation sites is 1. The minimum atomic E-state index is -0.491. The molecular formula is C17H14N2O3. The second kappa shape index (κ2) is 5.81. The van der Waals surface area contributed by atoms with Gasteiger partial charge in [0.2, 0.25) is 0 Å². The molecule has 0 radical (unpaired) electrons. The summed E-state index contributed by atoms with van der Waals surface area (Å²) >= 11 is 0. The van der Waals surface area contributed by atoms with Crippen molar-refractivity contribution in [2.45, 2.75) is 12.3 Å². The lowest BCUT2D eigenvalue weighted by Crippen LogP contribution is -2.24. The van der Waals surface area contributed by atoms with Crippen molar-refractivity contribution < 1.29 is 14.7 Å². The molecule has 1 heterocycles. The normalized spacial score (nSPS) is 18.4. The molecule has 2 amide bonds. The first-order valence-electron chi connectivity index (χ1n) is 6.90. The number of amides is 2. The number of rotatable bonds is 3. The summed E-state index contributed by atoms with van der Waals surface area (Å²) in [5.74, 6) is -1.13. The van der Waals surface area contributed by atoms with Gasteiger partial charge in [-0.2, -0.15) is 10.1 Å². The summed E-state index contributed by atoms with van der Waals surface area (Å²) in [6.07, 6.45) is 1.43. The van der Waals surface area contributed by atoms with Crippen LogP contribution in [0.5, 0.6) is 5.75 Å². The Morgan fingerprint density at radius 3 is 2.45 bits per heavy atom. The highest BCUT2D eigenvalue weighted by atomic mass is 16.3. The van der Waals surface area contributed by atoms with Gasteiger partial charge in [0.1, 0.15) is 5.75 Å². The highest BCUT2D eigenvalue weighted by molar-refractivity contribution is 6.06. The Morgan fingerprint density at radius 1 is 1.05 bits per heavy atom. The first-order valence-corrected chi connectivity index (χ1v) is 6.90. The lowest BCUT2D eigenvalue weighted by Gasteiger charge is -2.09. The molecule has 5 heteroatoms. The monoisotopic (exact) mass is 294 g/mol. The third-order valence-electron chi connectivity index (χ3n) is 3.57. The Hall–Kier alpha value is -2.95. The topological polar surface area (TPSA) is 70.0 Å². The van der Waals surface area contributed by atoms with Gasteiger partial charge in [-0.3, -0.25) is 9.59 Å². The molecule has 0 bridgehead atoms. The largest absolute Gasteiger partial charge is 0.507 e. The van der Waals surface area contributed by atoms with E-state index in [0.717, 1.165) is 10.6 Å². The molecule has 0 aliphatic carbocycles. The summed E-state index contributed by atoms with van der Waals surface area (Å²) < 4.78 is 0. The number of benzene rings is 2. The zero-order valence-corrected chi connectivity index (χ0v) is 11.7. The van der Waals surface area contributed by atoms with Gasteiger partial charge in [-0.1, -0.05) is 42.5 Å². The number of hydrazone groups is 1. The van der Waals surface area contributed by atoms with Gasteiger partial charge in [0, 0.05) is 12.0 Å². The van der Waals surface area contributed by atoms with Gasteiger partial charge in [0.25, 0.3) is 11.8 Å². The van der Waals surface area contributed by atoms with Crippen molar-refractivity contribution in [3.05, 3.63) is 65.7 Å². The third kappa shape index (κ3) is 2.61. The van der Waals surface area contributed by atoms with Gasteiger partial charge >= 0.3 is 0 Å². The Morgan fingerprint density at radius 2 is 1.73 bits per heavy atom. The summed E-state index contributed by atoms with van der Waals surface area (Å²) in [7, 11) is 0. The molecule has 3 rings (SSSR count). The summed E-state index contributed by atoms with van der Waals surface area (Å²) in [4.78, 5) is 24.4. The summed E-state index contributed by atoms with van der Waals surface area (Å²) in [5.41, 5.74) is 1.26. The van der Waals surface area contributed by atoms with Crippen LogP contribution in [0.1, 0.15) is 23.5 Å². The van der Waals surface area contributed by atoms with Crippen LogP contribution in [-0.2, 0) is 9.59 Å². The molecule has 1 aliphatic rings. The van der Waals surface area contributed by atoms with Gasteiger partial charge in [-0.25, -0.2) is 0 Å². The number of aromatic hydroxyl groups is 1. The maximum atomic E-state index is 12.4. The highest BCUT2D eigenvalue weighted by Gasteiger charge is 2.39. The summed E-state index contributed by atoms with van der Waals surface area (Å²) in [6, 6.07) is 15.8. The van der Waals surface area contributed by atoms with Crippen molar-refractivity contribution in [2.75, 3.05) is 0 Å². The van der Waals surface area contributed by atoms with Crippen LogP contribution in [0.3, 0.4) is 0 Å². The van der Waals surface area contributed by atoms with Crippen molar-refractivity contribution in [3.63, 3.8) is 0 Å². The minimum Gasteiger partial charge on any atom is -0.507 e. The summed E-state index contributed by atoms with van der Waals surface area (Å²) in [6.45, 7) is 0. The Bertz CT molecular complexity index is 741. The average molecular weight is 294 g/mol. The molecule has 22 heavy (non-hydrogen) atoms. The van der Waals surface area contributed by atoms with Crippen LogP contribution in [-0.4, -0.2) is 28.1 Å². The first kappa shape index (κ1) is 14.0. The molecule has 1 fully saturated rings. The molecule has 1 saturated heterocycles. The molecule has 0 aromatic heterocycles. The van der Waals surface area contributed by atoms with E-state index in [9.17, 15) is 14.7 Å². The van der Waals surface area contributed by atoms with E-state index in [0.29, 0.717) is 5.56 Å². The molecular weight excluding hydrogens is 280 g/mol. The lowest BCUT2D eigenvalue weighted by molar-refractivity contribution is -0.138. The van der Waals surface area contributed by atoms with Gasteiger partial charge in [0.15, 0.2) is 0 Å². The quantitative estimate of drug-likeness (QED) is 0.697. The van der Waals surface area contributed by atoms with Crippen LogP contribution in [0.2, 0.25) is 0 Å². The van der Waals surface area contributed by atoms with Gasteiger partial charge in [0.05, 0.1) is 12.1 Å². The van der Waals surface area contributed by atoms with E-state index >= 15 is 0 Å². The number of phenolic OH excluding ortho intramolecular Hbond substituents is 1. The second-order valence-corrected chi connectivity index (χ2v) is 5.01. The van der Waals surface area contributed by atoms with Crippen LogP contribution in [0.15, 0.2) is 59.7 Å². The van der Waals surface area contributed by atoms with Crippen molar-refractivity contribution in [1.29, 1.82) is 0 Å². The maximum absolute atomic E-state index is 12.4. The Kier molecular flexibility index (Phi) is 3.70. The van der Waals surface area contributed by atoms with Crippen LogP contribution < -0.4 is 0 Å². The SMILES string of the molecule is O=C1CC(c2ccccc2)C(=O)N1/N=C/c1ccccc1O. The molecule has 1 aliphatic heterocycles. The van der Waals surface area contributed by atoms with E-state index in [-0.39, 0.29) is 24.0 Å². The highest BCUT2D eigenvalue weighted by Crippen LogP contribution is 2.29. The molecule has 110 valence electrons. The van der Waals surface area contributed by atoms with Crippen LogP contribution in [0, 0.1) is 0 Å². The Labute approximate surface area is 127 Å². The molecule has 0 saturated carbocycles. The van der Waals surface area contributed by atoms with E-state index in [1.807, 2.05) is 30.3 Å². The number of hydrogen-bond donors (Lipinski definition) is 1. The number of carbonyl (C=O) groups excluding carboxylic acids is 2. The molecule has 0 spiro atoms. The number of hydrogen-bond acceptors (Lipinski definition) is 4.